The minimum Gasteiger partial charge on any atom is -0.309 e. The van der Waals surface area contributed by atoms with Gasteiger partial charge in [-0.05, 0) is 31.7 Å². The fourth-order valence-electron chi connectivity index (χ4n) is 2.00. The summed E-state index contributed by atoms with van der Waals surface area (Å²) in [7, 11) is 0. The van der Waals surface area contributed by atoms with Crippen molar-refractivity contribution in [2.75, 3.05) is 0 Å². The third-order valence-electron chi connectivity index (χ3n) is 3.24. The van der Waals surface area contributed by atoms with E-state index in [1.807, 2.05) is 17.5 Å². The normalized spacial score (nSPS) is 12.5. The summed E-state index contributed by atoms with van der Waals surface area (Å²) >= 11 is 1.82. The molecule has 0 bridgehead atoms. The zero-order valence-corrected chi connectivity index (χ0v) is 12.5. The highest BCUT2D eigenvalue weighted by Crippen LogP contribution is 2.13. The number of rotatable bonds is 7. The van der Waals surface area contributed by atoms with Crippen LogP contribution in [0.25, 0.3) is 0 Å². The van der Waals surface area contributed by atoms with Crippen molar-refractivity contribution >= 4 is 11.3 Å². The Bertz CT molecular complexity index is 479. The van der Waals surface area contributed by atoms with Crippen molar-refractivity contribution in [3.63, 3.8) is 0 Å². The SMILES string of the molecule is CCc1ncc(CNC(C)CCc2ccccc2)s1. The van der Waals surface area contributed by atoms with Crippen LogP contribution in [0.15, 0.2) is 36.5 Å². The van der Waals surface area contributed by atoms with Gasteiger partial charge in [-0.25, -0.2) is 4.98 Å². The second-order valence-electron chi connectivity index (χ2n) is 4.88. The van der Waals surface area contributed by atoms with Gasteiger partial charge in [0.15, 0.2) is 0 Å². The molecule has 0 aliphatic rings. The van der Waals surface area contributed by atoms with E-state index in [1.165, 1.54) is 21.9 Å². The first-order chi connectivity index (χ1) is 9.28. The molecule has 3 heteroatoms. The lowest BCUT2D eigenvalue weighted by atomic mass is 10.1. The first-order valence-corrected chi connectivity index (χ1v) is 7.80. The van der Waals surface area contributed by atoms with E-state index in [0.717, 1.165) is 19.4 Å². The van der Waals surface area contributed by atoms with Gasteiger partial charge < -0.3 is 5.32 Å². The monoisotopic (exact) mass is 274 g/mol. The fourth-order valence-corrected chi connectivity index (χ4v) is 2.81. The molecule has 2 aromatic rings. The molecule has 0 amide bonds. The van der Waals surface area contributed by atoms with Gasteiger partial charge in [-0.15, -0.1) is 11.3 Å². The number of benzene rings is 1. The number of thiazole rings is 1. The summed E-state index contributed by atoms with van der Waals surface area (Å²) in [5.41, 5.74) is 1.42. The summed E-state index contributed by atoms with van der Waals surface area (Å²) in [4.78, 5) is 5.72. The van der Waals surface area contributed by atoms with Crippen LogP contribution in [0.1, 0.15) is 35.7 Å². The average molecular weight is 274 g/mol. The van der Waals surface area contributed by atoms with Crippen molar-refractivity contribution in [3.05, 3.63) is 52.0 Å². The Morgan fingerprint density at radius 3 is 2.74 bits per heavy atom. The van der Waals surface area contributed by atoms with Crippen molar-refractivity contribution < 1.29 is 0 Å². The minimum absolute atomic E-state index is 0.535. The molecule has 2 rings (SSSR count). The van der Waals surface area contributed by atoms with Gasteiger partial charge in [-0.2, -0.15) is 0 Å². The third-order valence-corrected chi connectivity index (χ3v) is 4.38. The summed E-state index contributed by atoms with van der Waals surface area (Å²) in [6.45, 7) is 5.34. The zero-order chi connectivity index (χ0) is 13.5. The lowest BCUT2D eigenvalue weighted by Crippen LogP contribution is -2.25. The Kier molecular flexibility index (Phi) is 5.55. The van der Waals surface area contributed by atoms with Crippen LogP contribution >= 0.6 is 11.3 Å². The van der Waals surface area contributed by atoms with Gasteiger partial charge in [0.25, 0.3) is 0 Å². The topological polar surface area (TPSA) is 24.9 Å². The highest BCUT2D eigenvalue weighted by atomic mass is 32.1. The Hall–Kier alpha value is -1.19. The third kappa shape index (κ3) is 4.77. The molecule has 2 nitrogen and oxygen atoms in total. The van der Waals surface area contributed by atoms with Crippen LogP contribution in [0.5, 0.6) is 0 Å². The van der Waals surface area contributed by atoms with Gasteiger partial charge in [-0.3, -0.25) is 0 Å². The van der Waals surface area contributed by atoms with E-state index < -0.39 is 0 Å². The van der Waals surface area contributed by atoms with Gasteiger partial charge in [-0.1, -0.05) is 37.3 Å². The van der Waals surface area contributed by atoms with E-state index >= 15 is 0 Å². The first-order valence-electron chi connectivity index (χ1n) is 6.99. The van der Waals surface area contributed by atoms with E-state index in [2.05, 4.69) is 54.5 Å². The molecule has 1 aromatic heterocycles. The lowest BCUT2D eigenvalue weighted by molar-refractivity contribution is 0.516. The van der Waals surface area contributed by atoms with E-state index in [9.17, 15) is 0 Å². The molecule has 1 aromatic carbocycles. The van der Waals surface area contributed by atoms with E-state index in [1.54, 1.807) is 0 Å². The summed E-state index contributed by atoms with van der Waals surface area (Å²) in [5, 5.41) is 4.81. The number of hydrogen-bond donors (Lipinski definition) is 1. The first kappa shape index (κ1) is 14.2. The van der Waals surface area contributed by atoms with E-state index in [-0.39, 0.29) is 0 Å². The van der Waals surface area contributed by atoms with Crippen molar-refractivity contribution in [2.24, 2.45) is 0 Å². The minimum atomic E-state index is 0.535. The van der Waals surface area contributed by atoms with E-state index in [0.29, 0.717) is 6.04 Å². The van der Waals surface area contributed by atoms with Crippen molar-refractivity contribution in [2.45, 2.75) is 45.7 Å². The maximum Gasteiger partial charge on any atom is 0.0925 e. The predicted octanol–water partition coefficient (Wildman–Crippen LogP) is 3.82. The molecule has 0 saturated heterocycles. The number of hydrogen-bond acceptors (Lipinski definition) is 3. The second kappa shape index (κ2) is 7.41. The largest absolute Gasteiger partial charge is 0.309 e. The highest BCUT2D eigenvalue weighted by Gasteiger charge is 2.04. The van der Waals surface area contributed by atoms with Crippen LogP contribution in [-0.2, 0) is 19.4 Å². The standard InChI is InChI=1S/C16H22N2S/c1-3-16-18-12-15(19-16)11-17-13(2)9-10-14-7-5-4-6-8-14/h4-8,12-13,17H,3,9-11H2,1-2H3. The smallest absolute Gasteiger partial charge is 0.0925 e. The van der Waals surface area contributed by atoms with Crippen LogP contribution in [0.2, 0.25) is 0 Å². The molecule has 0 fully saturated rings. The molecule has 0 radical (unpaired) electrons. The summed E-state index contributed by atoms with van der Waals surface area (Å²) in [6, 6.07) is 11.2. The molecular formula is C16H22N2S. The van der Waals surface area contributed by atoms with Gasteiger partial charge in [0.2, 0.25) is 0 Å². The van der Waals surface area contributed by atoms with Gasteiger partial charge in [0.1, 0.15) is 0 Å². The number of nitrogens with zero attached hydrogens (tertiary/aromatic N) is 1. The molecule has 1 unspecified atom stereocenters. The van der Waals surface area contributed by atoms with Crippen molar-refractivity contribution in [1.29, 1.82) is 0 Å². The van der Waals surface area contributed by atoms with E-state index in [4.69, 9.17) is 0 Å². The Morgan fingerprint density at radius 1 is 1.26 bits per heavy atom. The van der Waals surface area contributed by atoms with Crippen LogP contribution in [-0.4, -0.2) is 11.0 Å². The fraction of sp³-hybridized carbons (Fsp3) is 0.438. The molecule has 102 valence electrons. The number of aryl methyl sites for hydroxylation is 2. The maximum atomic E-state index is 4.38. The summed E-state index contributed by atoms with van der Waals surface area (Å²) < 4.78 is 0. The van der Waals surface area contributed by atoms with Crippen LogP contribution in [0.3, 0.4) is 0 Å². The van der Waals surface area contributed by atoms with Crippen LogP contribution < -0.4 is 5.32 Å². The molecule has 0 spiro atoms. The number of nitrogens with one attached hydrogen (secondary N) is 1. The summed E-state index contributed by atoms with van der Waals surface area (Å²) in [5.74, 6) is 0. The predicted molar refractivity (Wildman–Crippen MR) is 82.6 cm³/mol. The Labute approximate surface area is 119 Å². The summed E-state index contributed by atoms with van der Waals surface area (Å²) in [6.07, 6.45) is 5.34. The molecule has 1 N–H and O–H groups in total. The lowest BCUT2D eigenvalue weighted by Gasteiger charge is -2.12. The second-order valence-corrected chi connectivity index (χ2v) is 6.08. The molecule has 0 saturated carbocycles. The molecule has 0 aliphatic heterocycles. The molecule has 1 atom stereocenters. The van der Waals surface area contributed by atoms with Crippen molar-refractivity contribution in [3.8, 4) is 0 Å². The van der Waals surface area contributed by atoms with Gasteiger partial charge in [0.05, 0.1) is 5.01 Å². The van der Waals surface area contributed by atoms with Crippen LogP contribution in [0, 0.1) is 0 Å². The number of aromatic nitrogens is 1. The van der Waals surface area contributed by atoms with Gasteiger partial charge in [0, 0.05) is 23.7 Å². The Morgan fingerprint density at radius 2 is 2.05 bits per heavy atom. The zero-order valence-electron chi connectivity index (χ0n) is 11.7. The van der Waals surface area contributed by atoms with Crippen molar-refractivity contribution in [1.82, 2.24) is 10.3 Å². The Balaban J connectivity index is 1.71. The highest BCUT2D eigenvalue weighted by molar-refractivity contribution is 7.11. The molecule has 1 heterocycles. The quantitative estimate of drug-likeness (QED) is 0.830. The molecular weight excluding hydrogens is 252 g/mol. The average Bonchev–Trinajstić information content (AvgIpc) is 2.92. The van der Waals surface area contributed by atoms with Crippen LogP contribution in [0.4, 0.5) is 0 Å². The maximum absolute atomic E-state index is 4.38. The van der Waals surface area contributed by atoms with Gasteiger partial charge >= 0.3 is 0 Å². The molecule has 19 heavy (non-hydrogen) atoms. The molecule has 0 aliphatic carbocycles.